The molecule has 4 aromatic carbocycles. The van der Waals surface area contributed by atoms with Crippen LogP contribution in [0.5, 0.6) is 0 Å². The lowest BCUT2D eigenvalue weighted by atomic mass is 9.74. The van der Waals surface area contributed by atoms with Crippen molar-refractivity contribution >= 4 is 0 Å². The second kappa shape index (κ2) is 14.7. The van der Waals surface area contributed by atoms with Crippen molar-refractivity contribution in [1.82, 2.24) is 4.90 Å². The molecule has 1 aliphatic heterocycles. The summed E-state index contributed by atoms with van der Waals surface area (Å²) in [7, 11) is 0. The van der Waals surface area contributed by atoms with Crippen molar-refractivity contribution in [1.29, 1.82) is 0 Å². The first kappa shape index (κ1) is 30.1. The fraction of sp³-hybridized carbons (Fsp3) is 0.351. The Morgan fingerprint density at radius 3 is 1.69 bits per heavy atom. The summed E-state index contributed by atoms with van der Waals surface area (Å²) in [6.07, 6.45) is 1.32. The van der Waals surface area contributed by atoms with E-state index in [0.29, 0.717) is 13.0 Å². The van der Waals surface area contributed by atoms with Crippen LogP contribution in [0.4, 0.5) is 0 Å². The van der Waals surface area contributed by atoms with Crippen LogP contribution in [0, 0.1) is 5.92 Å². The van der Waals surface area contributed by atoms with Gasteiger partial charge in [-0.2, -0.15) is 0 Å². The molecular weight excluding hydrogens is 522 g/mol. The van der Waals surface area contributed by atoms with Gasteiger partial charge in [0.25, 0.3) is 0 Å². The third-order valence-electron chi connectivity index (χ3n) is 8.88. The summed E-state index contributed by atoms with van der Waals surface area (Å²) in [6, 6.07) is 36.2. The molecule has 1 fully saturated rings. The zero-order valence-electron chi connectivity index (χ0n) is 24.2. The Bertz CT molecular complexity index is 1340. The fourth-order valence-electron chi connectivity index (χ4n) is 6.58. The number of aliphatic hydroxyl groups is 4. The predicted octanol–water partition coefficient (Wildman–Crippen LogP) is 5.24. The third-order valence-corrected chi connectivity index (χ3v) is 8.88. The van der Waals surface area contributed by atoms with Crippen LogP contribution in [0.15, 0.2) is 109 Å². The van der Waals surface area contributed by atoms with Gasteiger partial charge in [0.2, 0.25) is 0 Å². The van der Waals surface area contributed by atoms with E-state index < -0.39 is 12.2 Å². The molecule has 0 aliphatic carbocycles. The van der Waals surface area contributed by atoms with Gasteiger partial charge in [-0.25, -0.2) is 0 Å². The Kier molecular flexibility index (Phi) is 10.6. The van der Waals surface area contributed by atoms with E-state index in [1.54, 1.807) is 0 Å². The van der Waals surface area contributed by atoms with Gasteiger partial charge in [-0.05, 0) is 71.5 Å². The van der Waals surface area contributed by atoms with E-state index in [1.165, 1.54) is 5.56 Å². The van der Waals surface area contributed by atoms with Crippen molar-refractivity contribution in [3.05, 3.63) is 143 Å². The van der Waals surface area contributed by atoms with Gasteiger partial charge in [0.1, 0.15) is 0 Å². The highest BCUT2D eigenvalue weighted by Gasteiger charge is 2.40. The normalized spacial score (nSPS) is 23.6. The summed E-state index contributed by atoms with van der Waals surface area (Å²) in [5.41, 5.74) is 6.22. The second-order valence-electron chi connectivity index (χ2n) is 11.7. The smallest absolute Gasteiger partial charge is 0.0963 e. The van der Waals surface area contributed by atoms with Crippen LogP contribution < -0.4 is 0 Å². The molecule has 0 aromatic heterocycles. The van der Waals surface area contributed by atoms with E-state index in [-0.39, 0.29) is 31.1 Å². The maximum Gasteiger partial charge on any atom is 0.0963 e. The van der Waals surface area contributed by atoms with Crippen LogP contribution in [-0.2, 0) is 32.6 Å². The molecule has 220 valence electrons. The van der Waals surface area contributed by atoms with Gasteiger partial charge < -0.3 is 20.4 Å². The zero-order valence-corrected chi connectivity index (χ0v) is 24.2. The lowest BCUT2D eigenvalue weighted by Gasteiger charge is -2.39. The zero-order chi connectivity index (χ0) is 29.3. The molecule has 42 heavy (non-hydrogen) atoms. The monoisotopic (exact) mass is 565 g/mol. The van der Waals surface area contributed by atoms with E-state index in [9.17, 15) is 20.4 Å². The number of hydrogen-bond donors (Lipinski definition) is 4. The average molecular weight is 566 g/mol. The Morgan fingerprint density at radius 2 is 1.10 bits per heavy atom. The van der Waals surface area contributed by atoms with Crippen molar-refractivity contribution in [2.24, 2.45) is 5.92 Å². The summed E-state index contributed by atoms with van der Waals surface area (Å²) in [6.45, 7) is 1.47. The average Bonchev–Trinajstić information content (AvgIpc) is 3.08. The molecule has 5 heteroatoms. The standard InChI is InChI=1S/C37H43NO4/c39-25-30-17-13-28(14-18-30)22-33-12-7-21-38(24-29-15-19-31(26-40)20-16-29)34(23-27-8-3-1-4-9-27)36(41)37(42)35(33)32-10-5-2-6-11-32/h1-6,8-11,13-20,33-37,39-42H,7,12,21-26H2/t33?,34-,35+,36+,37+/m1/s1. The molecule has 0 spiro atoms. The number of nitrogens with zero attached hydrogens (tertiary/aromatic N) is 1. The van der Waals surface area contributed by atoms with Crippen LogP contribution in [-0.4, -0.2) is 50.1 Å². The molecule has 4 N–H and O–H groups in total. The Morgan fingerprint density at radius 1 is 0.571 bits per heavy atom. The summed E-state index contributed by atoms with van der Waals surface area (Å²) in [5.74, 6) is -0.112. The molecule has 5 nitrogen and oxygen atoms in total. The Labute approximate surface area is 249 Å². The molecule has 1 heterocycles. The van der Waals surface area contributed by atoms with Gasteiger partial charge in [-0.1, -0.05) is 109 Å². The van der Waals surface area contributed by atoms with Crippen molar-refractivity contribution < 1.29 is 20.4 Å². The highest BCUT2D eigenvalue weighted by atomic mass is 16.3. The lowest BCUT2D eigenvalue weighted by Crippen LogP contribution is -2.51. The molecule has 1 unspecified atom stereocenters. The van der Waals surface area contributed by atoms with Crippen molar-refractivity contribution in [2.75, 3.05) is 6.54 Å². The highest BCUT2D eigenvalue weighted by Crippen LogP contribution is 2.38. The maximum atomic E-state index is 12.1. The highest BCUT2D eigenvalue weighted by molar-refractivity contribution is 5.27. The van der Waals surface area contributed by atoms with Gasteiger partial charge in [0.15, 0.2) is 0 Å². The largest absolute Gasteiger partial charge is 0.392 e. The molecular formula is C37H43NO4. The molecule has 0 saturated carbocycles. The first-order valence-corrected chi connectivity index (χ1v) is 15.1. The van der Waals surface area contributed by atoms with Crippen LogP contribution in [0.3, 0.4) is 0 Å². The number of rotatable bonds is 9. The van der Waals surface area contributed by atoms with Crippen molar-refractivity contribution in [3.63, 3.8) is 0 Å². The molecule has 4 aromatic rings. The number of benzene rings is 4. The van der Waals surface area contributed by atoms with E-state index >= 15 is 0 Å². The maximum absolute atomic E-state index is 12.1. The van der Waals surface area contributed by atoms with Gasteiger partial charge in [-0.3, -0.25) is 4.90 Å². The van der Waals surface area contributed by atoms with E-state index in [1.807, 2.05) is 72.8 Å². The molecule has 1 aliphatic rings. The van der Waals surface area contributed by atoms with Crippen LogP contribution >= 0.6 is 0 Å². The molecule has 1 saturated heterocycles. The molecule has 0 amide bonds. The first-order valence-electron chi connectivity index (χ1n) is 15.1. The minimum absolute atomic E-state index is 0.0104. The third kappa shape index (κ3) is 7.54. The summed E-state index contributed by atoms with van der Waals surface area (Å²) >= 11 is 0. The minimum atomic E-state index is -0.968. The number of hydrogen-bond acceptors (Lipinski definition) is 5. The van der Waals surface area contributed by atoms with Crippen molar-refractivity contribution in [2.45, 2.75) is 69.6 Å². The van der Waals surface area contributed by atoms with E-state index in [0.717, 1.165) is 53.6 Å². The SMILES string of the molecule is OCc1ccc(CC2CCCN(Cc3ccc(CO)cc3)[C@H](Cc3ccccc3)[C@H](O)[C@@H](O)[C@H]2c2ccccc2)cc1. The minimum Gasteiger partial charge on any atom is -0.392 e. The summed E-state index contributed by atoms with van der Waals surface area (Å²) in [4.78, 5) is 2.34. The number of aliphatic hydroxyl groups excluding tert-OH is 4. The van der Waals surface area contributed by atoms with E-state index in [2.05, 4.69) is 41.3 Å². The summed E-state index contributed by atoms with van der Waals surface area (Å²) in [5, 5.41) is 43.2. The molecule has 5 atom stereocenters. The van der Waals surface area contributed by atoms with Gasteiger partial charge in [0, 0.05) is 18.5 Å². The second-order valence-corrected chi connectivity index (χ2v) is 11.7. The summed E-state index contributed by atoms with van der Waals surface area (Å²) < 4.78 is 0. The van der Waals surface area contributed by atoms with Crippen LogP contribution in [0.25, 0.3) is 0 Å². The Hall–Kier alpha value is -3.32. The molecule has 0 bridgehead atoms. The molecule has 5 rings (SSSR count). The van der Waals surface area contributed by atoms with Gasteiger partial charge >= 0.3 is 0 Å². The van der Waals surface area contributed by atoms with Crippen LogP contribution in [0.1, 0.15) is 52.1 Å². The van der Waals surface area contributed by atoms with Gasteiger partial charge in [-0.15, -0.1) is 0 Å². The predicted molar refractivity (Wildman–Crippen MR) is 167 cm³/mol. The Balaban J connectivity index is 1.50. The molecule has 0 radical (unpaired) electrons. The van der Waals surface area contributed by atoms with E-state index in [4.69, 9.17) is 0 Å². The first-order chi connectivity index (χ1) is 20.6. The topological polar surface area (TPSA) is 84.2 Å². The van der Waals surface area contributed by atoms with Crippen molar-refractivity contribution in [3.8, 4) is 0 Å². The van der Waals surface area contributed by atoms with Crippen LogP contribution in [0.2, 0.25) is 0 Å². The van der Waals surface area contributed by atoms with Gasteiger partial charge in [0.05, 0.1) is 25.4 Å². The fourth-order valence-corrected chi connectivity index (χ4v) is 6.58. The quantitative estimate of drug-likeness (QED) is 0.223. The lowest BCUT2D eigenvalue weighted by molar-refractivity contribution is -0.0547.